The van der Waals surface area contributed by atoms with E-state index in [2.05, 4.69) is 10.6 Å². The molecule has 1 unspecified atom stereocenters. The van der Waals surface area contributed by atoms with Crippen LogP contribution in [0.4, 0.5) is 0 Å². The van der Waals surface area contributed by atoms with Crippen LogP contribution in [0.5, 0.6) is 0 Å². The SMILES string of the molecule is CC(O)(CO)CNCC(=O)NC1CCCCC1. The Kier molecular flexibility index (Phi) is 5.88. The maximum atomic E-state index is 11.6. The van der Waals surface area contributed by atoms with Gasteiger partial charge in [0, 0.05) is 12.6 Å². The van der Waals surface area contributed by atoms with E-state index < -0.39 is 5.60 Å². The van der Waals surface area contributed by atoms with Gasteiger partial charge < -0.3 is 20.8 Å². The average Bonchev–Trinajstić information content (AvgIpc) is 2.30. The molecule has 0 aromatic carbocycles. The van der Waals surface area contributed by atoms with Crippen molar-refractivity contribution in [1.29, 1.82) is 0 Å². The zero-order valence-electron chi connectivity index (χ0n) is 10.5. The van der Waals surface area contributed by atoms with Crippen LogP contribution in [0.25, 0.3) is 0 Å². The summed E-state index contributed by atoms with van der Waals surface area (Å²) >= 11 is 0. The number of carbonyl (C=O) groups excluding carboxylic acids is 1. The van der Waals surface area contributed by atoms with Gasteiger partial charge in [-0.25, -0.2) is 0 Å². The van der Waals surface area contributed by atoms with Crippen LogP contribution < -0.4 is 10.6 Å². The fourth-order valence-corrected chi connectivity index (χ4v) is 2.03. The number of carbonyl (C=O) groups is 1. The first-order valence-corrected chi connectivity index (χ1v) is 6.37. The fourth-order valence-electron chi connectivity index (χ4n) is 2.03. The molecule has 0 radical (unpaired) electrons. The first-order valence-electron chi connectivity index (χ1n) is 6.37. The van der Waals surface area contributed by atoms with E-state index in [1.54, 1.807) is 0 Å². The van der Waals surface area contributed by atoms with Crippen molar-refractivity contribution in [2.45, 2.75) is 50.7 Å². The van der Waals surface area contributed by atoms with Crippen LogP contribution >= 0.6 is 0 Å². The summed E-state index contributed by atoms with van der Waals surface area (Å²) in [7, 11) is 0. The normalized spacial score (nSPS) is 20.9. The van der Waals surface area contributed by atoms with Gasteiger partial charge in [-0.15, -0.1) is 0 Å². The summed E-state index contributed by atoms with van der Waals surface area (Å²) in [6.07, 6.45) is 5.79. The highest BCUT2D eigenvalue weighted by molar-refractivity contribution is 5.78. The summed E-state index contributed by atoms with van der Waals surface area (Å²) in [6, 6.07) is 0.316. The Morgan fingerprint density at radius 3 is 2.59 bits per heavy atom. The monoisotopic (exact) mass is 244 g/mol. The second-order valence-electron chi connectivity index (χ2n) is 5.16. The number of aliphatic hydroxyl groups is 2. The standard InChI is InChI=1S/C12H24N2O3/c1-12(17,9-15)8-13-7-11(16)14-10-5-3-2-4-6-10/h10,13,15,17H,2-9H2,1H3,(H,14,16). The fraction of sp³-hybridized carbons (Fsp3) is 0.917. The molecule has 1 saturated carbocycles. The van der Waals surface area contributed by atoms with Crippen LogP contribution in [0, 0.1) is 0 Å². The highest BCUT2D eigenvalue weighted by atomic mass is 16.3. The highest BCUT2D eigenvalue weighted by Gasteiger charge is 2.19. The zero-order valence-corrected chi connectivity index (χ0v) is 10.5. The van der Waals surface area contributed by atoms with E-state index in [-0.39, 0.29) is 25.6 Å². The van der Waals surface area contributed by atoms with Crippen molar-refractivity contribution < 1.29 is 15.0 Å². The lowest BCUT2D eigenvalue weighted by Crippen LogP contribution is -2.46. The molecule has 100 valence electrons. The van der Waals surface area contributed by atoms with Crippen LogP contribution in [-0.2, 0) is 4.79 Å². The van der Waals surface area contributed by atoms with Crippen LogP contribution in [0.1, 0.15) is 39.0 Å². The van der Waals surface area contributed by atoms with Crippen molar-refractivity contribution in [2.24, 2.45) is 0 Å². The number of amides is 1. The van der Waals surface area contributed by atoms with Crippen LogP contribution in [0.2, 0.25) is 0 Å². The topological polar surface area (TPSA) is 81.6 Å². The minimum atomic E-state index is -1.16. The van der Waals surface area contributed by atoms with E-state index in [1.807, 2.05) is 0 Å². The summed E-state index contributed by atoms with van der Waals surface area (Å²) < 4.78 is 0. The molecule has 1 atom stereocenters. The van der Waals surface area contributed by atoms with E-state index in [0.29, 0.717) is 6.04 Å². The number of nitrogens with one attached hydrogen (secondary N) is 2. The van der Waals surface area contributed by atoms with Crippen molar-refractivity contribution in [3.63, 3.8) is 0 Å². The second-order valence-corrected chi connectivity index (χ2v) is 5.16. The maximum Gasteiger partial charge on any atom is 0.234 e. The quantitative estimate of drug-likeness (QED) is 0.520. The molecule has 17 heavy (non-hydrogen) atoms. The molecule has 0 aromatic heterocycles. The van der Waals surface area contributed by atoms with Gasteiger partial charge in [0.2, 0.25) is 5.91 Å². The Balaban J connectivity index is 2.12. The summed E-state index contributed by atoms with van der Waals surface area (Å²) in [5, 5.41) is 24.2. The molecule has 0 saturated heterocycles. The molecule has 0 aliphatic heterocycles. The third-order valence-corrected chi connectivity index (χ3v) is 3.10. The van der Waals surface area contributed by atoms with Crippen LogP contribution in [0.3, 0.4) is 0 Å². The van der Waals surface area contributed by atoms with Gasteiger partial charge in [0.1, 0.15) is 0 Å². The molecule has 1 rings (SSSR count). The molecule has 1 aliphatic carbocycles. The van der Waals surface area contributed by atoms with Gasteiger partial charge >= 0.3 is 0 Å². The van der Waals surface area contributed by atoms with Crippen LogP contribution in [-0.4, -0.2) is 47.5 Å². The van der Waals surface area contributed by atoms with Gasteiger partial charge in [-0.2, -0.15) is 0 Å². The molecule has 1 amide bonds. The molecule has 5 nitrogen and oxygen atoms in total. The largest absolute Gasteiger partial charge is 0.393 e. The third kappa shape index (κ3) is 6.00. The van der Waals surface area contributed by atoms with E-state index in [4.69, 9.17) is 5.11 Å². The minimum Gasteiger partial charge on any atom is -0.393 e. The molecule has 4 N–H and O–H groups in total. The van der Waals surface area contributed by atoms with Gasteiger partial charge in [-0.1, -0.05) is 19.3 Å². The number of hydrogen-bond donors (Lipinski definition) is 4. The predicted octanol–water partition coefficient (Wildman–Crippen LogP) is -0.232. The lowest BCUT2D eigenvalue weighted by molar-refractivity contribution is -0.121. The molecule has 0 spiro atoms. The van der Waals surface area contributed by atoms with E-state index in [9.17, 15) is 9.90 Å². The first kappa shape index (κ1) is 14.4. The van der Waals surface area contributed by atoms with Crippen molar-refractivity contribution in [2.75, 3.05) is 19.7 Å². The zero-order chi connectivity index (χ0) is 12.7. The number of hydrogen-bond acceptors (Lipinski definition) is 4. The summed E-state index contributed by atoms with van der Waals surface area (Å²) in [5.74, 6) is -0.0364. The average molecular weight is 244 g/mol. The molecule has 1 fully saturated rings. The molecule has 0 aromatic rings. The Bertz CT molecular complexity index is 238. The highest BCUT2D eigenvalue weighted by Crippen LogP contribution is 2.17. The Hall–Kier alpha value is -0.650. The molecule has 1 aliphatic rings. The Labute approximate surface area is 103 Å². The van der Waals surface area contributed by atoms with Crippen LogP contribution in [0.15, 0.2) is 0 Å². The third-order valence-electron chi connectivity index (χ3n) is 3.10. The van der Waals surface area contributed by atoms with Gasteiger partial charge in [-0.05, 0) is 19.8 Å². The van der Waals surface area contributed by atoms with Gasteiger partial charge in [-0.3, -0.25) is 4.79 Å². The van der Waals surface area contributed by atoms with E-state index >= 15 is 0 Å². The summed E-state index contributed by atoms with van der Waals surface area (Å²) in [6.45, 7) is 1.61. The van der Waals surface area contributed by atoms with E-state index in [0.717, 1.165) is 12.8 Å². The predicted molar refractivity (Wildman–Crippen MR) is 65.6 cm³/mol. The van der Waals surface area contributed by atoms with Crippen molar-refractivity contribution in [3.05, 3.63) is 0 Å². The lowest BCUT2D eigenvalue weighted by atomic mass is 9.95. The van der Waals surface area contributed by atoms with Crippen molar-refractivity contribution >= 4 is 5.91 Å². The lowest BCUT2D eigenvalue weighted by Gasteiger charge is -2.24. The molecular formula is C12H24N2O3. The minimum absolute atomic E-state index is 0.0364. The molecule has 0 heterocycles. The molecular weight excluding hydrogens is 220 g/mol. The number of rotatable bonds is 6. The maximum absolute atomic E-state index is 11.6. The van der Waals surface area contributed by atoms with Gasteiger partial charge in [0.15, 0.2) is 0 Å². The van der Waals surface area contributed by atoms with E-state index in [1.165, 1.54) is 26.2 Å². The van der Waals surface area contributed by atoms with Gasteiger partial charge in [0.05, 0.1) is 18.8 Å². The molecule has 5 heteroatoms. The van der Waals surface area contributed by atoms with Gasteiger partial charge in [0.25, 0.3) is 0 Å². The summed E-state index contributed by atoms with van der Waals surface area (Å²) in [4.78, 5) is 11.6. The second kappa shape index (κ2) is 6.93. The first-order chi connectivity index (χ1) is 8.03. The Morgan fingerprint density at radius 1 is 1.35 bits per heavy atom. The van der Waals surface area contributed by atoms with Crippen molar-refractivity contribution in [3.8, 4) is 0 Å². The van der Waals surface area contributed by atoms with Crippen molar-refractivity contribution in [1.82, 2.24) is 10.6 Å². The summed E-state index contributed by atoms with van der Waals surface area (Å²) in [5.41, 5.74) is -1.16. The molecule has 0 bridgehead atoms. The number of aliphatic hydroxyl groups excluding tert-OH is 1. The smallest absolute Gasteiger partial charge is 0.234 e. The Morgan fingerprint density at radius 2 is 2.00 bits per heavy atom.